The van der Waals surface area contributed by atoms with Crippen LogP contribution in [0.2, 0.25) is 0 Å². The van der Waals surface area contributed by atoms with Crippen LogP contribution in [0.15, 0.2) is 42.5 Å². The Balaban J connectivity index is 1.25. The van der Waals surface area contributed by atoms with Gasteiger partial charge in [-0.05, 0) is 41.0 Å². The highest BCUT2D eigenvalue weighted by Gasteiger charge is 2.44. The van der Waals surface area contributed by atoms with Gasteiger partial charge in [0.1, 0.15) is 0 Å². The molecule has 152 valence electrons. The summed E-state index contributed by atoms with van der Waals surface area (Å²) in [6.45, 7) is 6.70. The molecule has 29 heavy (non-hydrogen) atoms. The van der Waals surface area contributed by atoms with Crippen molar-refractivity contribution in [3.8, 4) is 11.5 Å². The minimum atomic E-state index is -0.524. The summed E-state index contributed by atoms with van der Waals surface area (Å²) in [6.07, 6.45) is 0.784. The van der Waals surface area contributed by atoms with Crippen LogP contribution in [0.5, 0.6) is 11.5 Å². The number of amides is 3. The molecule has 2 atom stereocenters. The fourth-order valence-corrected chi connectivity index (χ4v) is 3.43. The van der Waals surface area contributed by atoms with Crippen LogP contribution in [0.1, 0.15) is 44.2 Å². The van der Waals surface area contributed by atoms with Crippen LogP contribution < -0.4 is 25.6 Å². The fraction of sp³-hybridized carbons (Fsp3) is 0.364. The number of fused-ring (bicyclic) bond motifs is 1. The van der Waals surface area contributed by atoms with Crippen molar-refractivity contribution >= 4 is 17.6 Å². The van der Waals surface area contributed by atoms with E-state index >= 15 is 0 Å². The monoisotopic (exact) mass is 395 g/mol. The largest absolute Gasteiger partial charge is 0.454 e. The van der Waals surface area contributed by atoms with Crippen LogP contribution in [0.25, 0.3) is 0 Å². The standard InChI is InChI=1S/C22H25N3O4/c1-22(2,3)14-6-4-13(5-7-14)16-11-17(16)20(26)24-25-21(27)23-15-8-9-18-19(10-15)29-12-28-18/h4-10,16-17H,11-12H2,1-3H3,(H,24,26)(H2,23,25,27)/t16-,17-/m0/s1. The third kappa shape index (κ3) is 4.29. The first kappa shape index (κ1) is 19.1. The lowest BCUT2D eigenvalue weighted by molar-refractivity contribution is -0.123. The van der Waals surface area contributed by atoms with Crippen LogP contribution >= 0.6 is 0 Å². The normalized spacial score (nSPS) is 19.4. The van der Waals surface area contributed by atoms with Crippen molar-refractivity contribution in [2.45, 2.75) is 38.5 Å². The average Bonchev–Trinajstić information content (AvgIpc) is 3.35. The molecule has 2 aromatic carbocycles. The Morgan fingerprint density at radius 3 is 2.41 bits per heavy atom. The van der Waals surface area contributed by atoms with E-state index < -0.39 is 6.03 Å². The van der Waals surface area contributed by atoms with Gasteiger partial charge in [-0.2, -0.15) is 0 Å². The van der Waals surface area contributed by atoms with Crippen LogP contribution in [0.4, 0.5) is 10.5 Å². The molecule has 0 spiro atoms. The van der Waals surface area contributed by atoms with Gasteiger partial charge in [-0.3, -0.25) is 10.2 Å². The van der Waals surface area contributed by atoms with Gasteiger partial charge in [0.05, 0.1) is 0 Å². The molecule has 1 heterocycles. The van der Waals surface area contributed by atoms with E-state index in [1.807, 2.05) is 0 Å². The first-order chi connectivity index (χ1) is 13.8. The Kier molecular flexibility index (Phi) is 4.82. The lowest BCUT2D eigenvalue weighted by atomic mass is 9.86. The van der Waals surface area contributed by atoms with Gasteiger partial charge in [-0.15, -0.1) is 0 Å². The van der Waals surface area contributed by atoms with Crippen molar-refractivity contribution in [2.24, 2.45) is 5.92 Å². The van der Waals surface area contributed by atoms with Gasteiger partial charge in [-0.25, -0.2) is 10.2 Å². The molecule has 7 heteroatoms. The van der Waals surface area contributed by atoms with Gasteiger partial charge in [-0.1, -0.05) is 45.0 Å². The molecule has 0 bridgehead atoms. The van der Waals surface area contributed by atoms with Crippen molar-refractivity contribution in [1.82, 2.24) is 10.9 Å². The second-order valence-electron chi connectivity index (χ2n) is 8.46. The number of carbonyl (C=O) groups is 2. The zero-order chi connectivity index (χ0) is 20.6. The van der Waals surface area contributed by atoms with Crippen LogP contribution in [-0.4, -0.2) is 18.7 Å². The minimum Gasteiger partial charge on any atom is -0.454 e. The van der Waals surface area contributed by atoms with Gasteiger partial charge < -0.3 is 14.8 Å². The van der Waals surface area contributed by atoms with Gasteiger partial charge in [0.25, 0.3) is 0 Å². The first-order valence-corrected chi connectivity index (χ1v) is 9.68. The molecule has 1 fully saturated rings. The summed E-state index contributed by atoms with van der Waals surface area (Å²) in [5.74, 6) is 1.10. The lowest BCUT2D eigenvalue weighted by Gasteiger charge is -2.19. The predicted molar refractivity (Wildman–Crippen MR) is 109 cm³/mol. The van der Waals surface area contributed by atoms with E-state index in [1.54, 1.807) is 18.2 Å². The van der Waals surface area contributed by atoms with E-state index in [1.165, 1.54) is 5.56 Å². The molecule has 0 saturated heterocycles. The van der Waals surface area contributed by atoms with Gasteiger partial charge in [0, 0.05) is 17.7 Å². The SMILES string of the molecule is CC(C)(C)c1ccc([C@@H]2C[C@@H]2C(=O)NNC(=O)Nc2ccc3c(c2)OCO3)cc1. The first-order valence-electron chi connectivity index (χ1n) is 9.68. The van der Waals surface area contributed by atoms with Crippen molar-refractivity contribution < 1.29 is 19.1 Å². The van der Waals surface area contributed by atoms with Gasteiger partial charge in [0.15, 0.2) is 11.5 Å². The Morgan fingerprint density at radius 2 is 1.69 bits per heavy atom. The average molecular weight is 395 g/mol. The van der Waals surface area contributed by atoms with Crippen LogP contribution in [-0.2, 0) is 10.2 Å². The van der Waals surface area contributed by atoms with E-state index in [0.29, 0.717) is 17.2 Å². The third-order valence-electron chi connectivity index (χ3n) is 5.26. The van der Waals surface area contributed by atoms with E-state index in [-0.39, 0.29) is 30.0 Å². The number of carbonyl (C=O) groups excluding carboxylic acids is 2. The van der Waals surface area contributed by atoms with Crippen molar-refractivity contribution in [3.63, 3.8) is 0 Å². The second-order valence-corrected chi connectivity index (χ2v) is 8.46. The van der Waals surface area contributed by atoms with E-state index in [4.69, 9.17) is 9.47 Å². The van der Waals surface area contributed by atoms with E-state index in [9.17, 15) is 9.59 Å². The molecule has 3 amide bonds. The maximum absolute atomic E-state index is 12.3. The number of anilines is 1. The lowest BCUT2D eigenvalue weighted by Crippen LogP contribution is -2.44. The van der Waals surface area contributed by atoms with Crippen molar-refractivity contribution in [2.75, 3.05) is 12.1 Å². The Morgan fingerprint density at radius 1 is 0.966 bits per heavy atom. The maximum Gasteiger partial charge on any atom is 0.337 e. The zero-order valence-corrected chi connectivity index (χ0v) is 16.7. The molecule has 0 unspecified atom stereocenters. The highest BCUT2D eigenvalue weighted by atomic mass is 16.7. The summed E-state index contributed by atoms with van der Waals surface area (Å²) in [5, 5.41) is 2.65. The highest BCUT2D eigenvalue weighted by Crippen LogP contribution is 2.47. The number of ether oxygens (including phenoxy) is 2. The third-order valence-corrected chi connectivity index (χ3v) is 5.26. The van der Waals surface area contributed by atoms with E-state index in [2.05, 4.69) is 61.2 Å². The number of rotatable bonds is 3. The molecular weight excluding hydrogens is 370 g/mol. The minimum absolute atomic E-state index is 0.105. The molecule has 1 saturated carbocycles. The fourth-order valence-electron chi connectivity index (χ4n) is 3.43. The molecule has 0 radical (unpaired) electrons. The maximum atomic E-state index is 12.3. The molecule has 2 aliphatic rings. The summed E-state index contributed by atoms with van der Waals surface area (Å²) in [7, 11) is 0. The van der Waals surface area contributed by atoms with Crippen molar-refractivity contribution in [1.29, 1.82) is 0 Å². The number of nitrogens with one attached hydrogen (secondary N) is 3. The molecule has 0 aromatic heterocycles. The summed E-state index contributed by atoms with van der Waals surface area (Å²) >= 11 is 0. The van der Waals surface area contributed by atoms with Crippen molar-refractivity contribution in [3.05, 3.63) is 53.6 Å². The summed E-state index contributed by atoms with van der Waals surface area (Å²) in [4.78, 5) is 24.4. The number of urea groups is 1. The second kappa shape index (κ2) is 7.31. The van der Waals surface area contributed by atoms with Crippen LogP contribution in [0, 0.1) is 5.92 Å². The Labute approximate surface area is 169 Å². The summed E-state index contributed by atoms with van der Waals surface area (Å²) < 4.78 is 10.5. The quantitative estimate of drug-likeness (QED) is 0.692. The van der Waals surface area contributed by atoms with Gasteiger partial charge >= 0.3 is 6.03 Å². The molecule has 1 aliphatic heterocycles. The summed E-state index contributed by atoms with van der Waals surface area (Å²) in [5.41, 5.74) is 7.97. The molecular formula is C22H25N3O4. The Bertz CT molecular complexity index is 934. The van der Waals surface area contributed by atoms with Gasteiger partial charge in [0.2, 0.25) is 12.7 Å². The molecule has 7 nitrogen and oxygen atoms in total. The zero-order valence-electron chi connectivity index (χ0n) is 16.7. The molecule has 4 rings (SSSR count). The Hall–Kier alpha value is -3.22. The smallest absolute Gasteiger partial charge is 0.337 e. The topological polar surface area (TPSA) is 88.7 Å². The number of hydrazine groups is 1. The predicted octanol–water partition coefficient (Wildman–Crippen LogP) is 3.67. The molecule has 3 N–H and O–H groups in total. The number of benzene rings is 2. The number of hydrogen-bond donors (Lipinski definition) is 3. The summed E-state index contributed by atoms with van der Waals surface area (Å²) in [6, 6.07) is 13.0. The molecule has 2 aromatic rings. The van der Waals surface area contributed by atoms with E-state index in [0.717, 1.165) is 12.0 Å². The molecule has 1 aliphatic carbocycles. The number of hydrogen-bond acceptors (Lipinski definition) is 4. The highest BCUT2D eigenvalue weighted by molar-refractivity contribution is 5.92. The van der Waals surface area contributed by atoms with Crippen LogP contribution in [0.3, 0.4) is 0 Å².